The quantitative estimate of drug-likeness (QED) is 0.439. The van der Waals surface area contributed by atoms with E-state index in [1.807, 2.05) is 0 Å². The van der Waals surface area contributed by atoms with Crippen LogP contribution in [-0.2, 0) is 9.53 Å². The highest BCUT2D eigenvalue weighted by atomic mass is 16.7. The van der Waals surface area contributed by atoms with Gasteiger partial charge in [0.1, 0.15) is 18.3 Å². The third-order valence-electron chi connectivity index (χ3n) is 2.49. The SMILES string of the molecule is CC(C)C(=O)[C@@]1(O)O[C@@H](CO)[C@@H](O)[C@@H]1O. The van der Waals surface area contributed by atoms with Crippen LogP contribution < -0.4 is 0 Å². The molecule has 88 valence electrons. The van der Waals surface area contributed by atoms with Crippen molar-refractivity contribution in [3.8, 4) is 0 Å². The van der Waals surface area contributed by atoms with Crippen LogP contribution >= 0.6 is 0 Å². The Hall–Kier alpha value is -0.530. The lowest BCUT2D eigenvalue weighted by Crippen LogP contribution is -2.51. The second kappa shape index (κ2) is 4.15. The lowest BCUT2D eigenvalue weighted by molar-refractivity contribution is -0.226. The summed E-state index contributed by atoms with van der Waals surface area (Å²) in [6.45, 7) is 2.50. The maximum absolute atomic E-state index is 11.6. The molecule has 0 amide bonds. The molecule has 1 fully saturated rings. The van der Waals surface area contributed by atoms with Gasteiger partial charge in [-0.1, -0.05) is 13.8 Å². The van der Waals surface area contributed by atoms with E-state index in [1.54, 1.807) is 0 Å². The summed E-state index contributed by atoms with van der Waals surface area (Å²) in [5.41, 5.74) is 0. The molecule has 0 aromatic rings. The second-order valence-corrected chi connectivity index (χ2v) is 3.99. The van der Waals surface area contributed by atoms with Gasteiger partial charge in [-0.3, -0.25) is 4.79 Å². The van der Waals surface area contributed by atoms with Crippen LogP contribution in [0.2, 0.25) is 0 Å². The molecule has 0 unspecified atom stereocenters. The van der Waals surface area contributed by atoms with Crippen molar-refractivity contribution in [2.45, 2.75) is 37.9 Å². The third kappa shape index (κ3) is 1.91. The van der Waals surface area contributed by atoms with Gasteiger partial charge >= 0.3 is 0 Å². The molecule has 4 atom stereocenters. The molecule has 1 heterocycles. The summed E-state index contributed by atoms with van der Waals surface area (Å²) in [4.78, 5) is 11.6. The second-order valence-electron chi connectivity index (χ2n) is 3.99. The Kier molecular flexibility index (Phi) is 3.47. The monoisotopic (exact) mass is 220 g/mol. The van der Waals surface area contributed by atoms with E-state index >= 15 is 0 Å². The molecule has 0 spiro atoms. The van der Waals surface area contributed by atoms with Crippen LogP contribution in [0.1, 0.15) is 13.8 Å². The number of hydrogen-bond donors (Lipinski definition) is 4. The van der Waals surface area contributed by atoms with Gasteiger partial charge in [0.25, 0.3) is 5.79 Å². The van der Waals surface area contributed by atoms with Crippen LogP contribution in [0.3, 0.4) is 0 Å². The molecule has 6 nitrogen and oxygen atoms in total. The number of Topliss-reactive ketones (excluding diaryl/α,β-unsaturated/α-hetero) is 1. The first-order valence-corrected chi connectivity index (χ1v) is 4.76. The van der Waals surface area contributed by atoms with Gasteiger partial charge in [-0.2, -0.15) is 0 Å². The zero-order valence-electron chi connectivity index (χ0n) is 8.62. The number of carbonyl (C=O) groups excluding carboxylic acids is 1. The van der Waals surface area contributed by atoms with E-state index in [9.17, 15) is 20.1 Å². The van der Waals surface area contributed by atoms with E-state index in [0.717, 1.165) is 0 Å². The Morgan fingerprint density at radius 1 is 1.47 bits per heavy atom. The Bertz CT molecular complexity index is 253. The summed E-state index contributed by atoms with van der Waals surface area (Å²) in [6, 6.07) is 0. The van der Waals surface area contributed by atoms with Crippen molar-refractivity contribution in [2.75, 3.05) is 6.61 Å². The average molecular weight is 220 g/mol. The summed E-state index contributed by atoms with van der Waals surface area (Å²) in [7, 11) is 0. The normalized spacial score (nSPS) is 41.1. The highest BCUT2D eigenvalue weighted by molar-refractivity contribution is 5.88. The van der Waals surface area contributed by atoms with Gasteiger partial charge in [-0.25, -0.2) is 0 Å². The highest BCUT2D eigenvalue weighted by Gasteiger charge is 2.57. The summed E-state index contributed by atoms with van der Waals surface area (Å²) in [5, 5.41) is 37.4. The van der Waals surface area contributed by atoms with Gasteiger partial charge in [0.05, 0.1) is 6.61 Å². The largest absolute Gasteiger partial charge is 0.394 e. The van der Waals surface area contributed by atoms with E-state index in [0.29, 0.717) is 0 Å². The van der Waals surface area contributed by atoms with Crippen LogP contribution in [-0.4, -0.2) is 56.9 Å². The van der Waals surface area contributed by atoms with Crippen molar-refractivity contribution in [3.05, 3.63) is 0 Å². The lowest BCUT2D eigenvalue weighted by atomic mass is 9.95. The first-order chi connectivity index (χ1) is 6.84. The van der Waals surface area contributed by atoms with Gasteiger partial charge in [0.15, 0.2) is 5.78 Å². The first-order valence-electron chi connectivity index (χ1n) is 4.76. The number of rotatable bonds is 3. The number of hydrogen-bond acceptors (Lipinski definition) is 6. The van der Waals surface area contributed by atoms with Gasteiger partial charge < -0.3 is 25.2 Å². The fourth-order valence-electron chi connectivity index (χ4n) is 1.57. The molecule has 1 aliphatic rings. The van der Waals surface area contributed by atoms with Gasteiger partial charge in [-0.15, -0.1) is 0 Å². The number of ketones is 1. The number of carbonyl (C=O) groups is 1. The zero-order valence-corrected chi connectivity index (χ0v) is 8.62. The summed E-state index contributed by atoms with van der Waals surface area (Å²) < 4.78 is 4.80. The molecule has 0 radical (unpaired) electrons. The van der Waals surface area contributed by atoms with E-state index in [4.69, 9.17) is 9.84 Å². The molecule has 1 rings (SSSR count). The fraction of sp³-hybridized carbons (Fsp3) is 0.889. The molecular formula is C9H16O6. The first kappa shape index (κ1) is 12.5. The van der Waals surface area contributed by atoms with Crippen LogP contribution in [0, 0.1) is 5.92 Å². The van der Waals surface area contributed by atoms with Crippen LogP contribution in [0.4, 0.5) is 0 Å². The molecule has 0 saturated carbocycles. The van der Waals surface area contributed by atoms with Crippen LogP contribution in [0.25, 0.3) is 0 Å². The summed E-state index contributed by atoms with van der Waals surface area (Å²) >= 11 is 0. The molecule has 4 N–H and O–H groups in total. The minimum atomic E-state index is -2.42. The maximum Gasteiger partial charge on any atom is 0.256 e. The van der Waals surface area contributed by atoms with Crippen molar-refractivity contribution in [1.82, 2.24) is 0 Å². The molecule has 1 aliphatic heterocycles. The lowest BCUT2D eigenvalue weighted by Gasteiger charge is -2.25. The highest BCUT2D eigenvalue weighted by Crippen LogP contribution is 2.31. The molecule has 0 aliphatic carbocycles. The van der Waals surface area contributed by atoms with Crippen molar-refractivity contribution in [3.63, 3.8) is 0 Å². The molecule has 0 aromatic heterocycles. The van der Waals surface area contributed by atoms with Gasteiger partial charge in [-0.05, 0) is 0 Å². The smallest absolute Gasteiger partial charge is 0.256 e. The Labute approximate surface area is 87.1 Å². The van der Waals surface area contributed by atoms with Gasteiger partial charge in [0.2, 0.25) is 0 Å². The van der Waals surface area contributed by atoms with Crippen molar-refractivity contribution in [1.29, 1.82) is 0 Å². The number of aliphatic hydroxyl groups is 4. The van der Waals surface area contributed by atoms with E-state index in [1.165, 1.54) is 13.8 Å². The van der Waals surface area contributed by atoms with Gasteiger partial charge in [0, 0.05) is 5.92 Å². The number of aliphatic hydroxyl groups excluding tert-OH is 3. The molecular weight excluding hydrogens is 204 g/mol. The van der Waals surface area contributed by atoms with E-state index < -0.39 is 42.4 Å². The molecule has 15 heavy (non-hydrogen) atoms. The fourth-order valence-corrected chi connectivity index (χ4v) is 1.57. The minimum absolute atomic E-state index is 0.547. The Morgan fingerprint density at radius 2 is 2.00 bits per heavy atom. The Morgan fingerprint density at radius 3 is 2.33 bits per heavy atom. The van der Waals surface area contributed by atoms with Crippen LogP contribution in [0.15, 0.2) is 0 Å². The van der Waals surface area contributed by atoms with Crippen molar-refractivity contribution >= 4 is 5.78 Å². The summed E-state index contributed by atoms with van der Waals surface area (Å²) in [6.07, 6.45) is -4.35. The van der Waals surface area contributed by atoms with Crippen molar-refractivity contribution in [2.24, 2.45) is 5.92 Å². The van der Waals surface area contributed by atoms with Crippen molar-refractivity contribution < 1.29 is 30.0 Å². The molecule has 1 saturated heterocycles. The third-order valence-corrected chi connectivity index (χ3v) is 2.49. The zero-order chi connectivity index (χ0) is 11.8. The molecule has 0 aromatic carbocycles. The minimum Gasteiger partial charge on any atom is -0.394 e. The molecule has 0 bridgehead atoms. The van der Waals surface area contributed by atoms with Crippen LogP contribution in [0.5, 0.6) is 0 Å². The summed E-state index contributed by atoms with van der Waals surface area (Å²) in [5.74, 6) is -3.68. The topological polar surface area (TPSA) is 107 Å². The molecule has 6 heteroatoms. The average Bonchev–Trinajstić information content (AvgIpc) is 2.42. The number of ether oxygens (including phenoxy) is 1. The predicted octanol–water partition coefficient (Wildman–Crippen LogP) is -1.99. The van der Waals surface area contributed by atoms with E-state index in [-0.39, 0.29) is 0 Å². The van der Waals surface area contributed by atoms with E-state index in [2.05, 4.69) is 0 Å². The Balaban J connectivity index is 2.91. The standard InChI is InChI=1S/C9H16O6/c1-4(2)7(12)9(14)8(13)6(11)5(3-10)15-9/h4-6,8,10-11,13-14H,3H2,1-2H3/t5-,6+,8-,9+/m0/s1. The maximum atomic E-state index is 11.6. The predicted molar refractivity (Wildman–Crippen MR) is 48.8 cm³/mol.